The van der Waals surface area contributed by atoms with Crippen molar-refractivity contribution in [2.75, 3.05) is 7.11 Å². The van der Waals surface area contributed by atoms with Crippen LogP contribution in [0.25, 0.3) is 0 Å². The molecule has 0 atom stereocenters. The molecule has 9 nitrogen and oxygen atoms in total. The fourth-order valence-corrected chi connectivity index (χ4v) is 2.99. The van der Waals surface area contributed by atoms with E-state index in [-0.39, 0.29) is 23.7 Å². The van der Waals surface area contributed by atoms with Crippen LogP contribution in [0, 0.1) is 10.1 Å². The van der Waals surface area contributed by atoms with Crippen molar-refractivity contribution in [1.82, 2.24) is 15.3 Å². The lowest BCUT2D eigenvalue weighted by Crippen LogP contribution is -2.39. The maximum Gasteiger partial charge on any atom is 0.269 e. The van der Waals surface area contributed by atoms with E-state index < -0.39 is 4.92 Å². The van der Waals surface area contributed by atoms with Gasteiger partial charge in [0, 0.05) is 23.7 Å². The Bertz CT molecular complexity index is 804. The van der Waals surface area contributed by atoms with Crippen LogP contribution in [0.4, 0.5) is 5.69 Å². The summed E-state index contributed by atoms with van der Waals surface area (Å²) in [6.45, 7) is 0. The van der Waals surface area contributed by atoms with Gasteiger partial charge >= 0.3 is 0 Å². The molecule has 1 heterocycles. The van der Waals surface area contributed by atoms with Crippen molar-refractivity contribution in [3.8, 4) is 11.8 Å². The number of carbonyl (C=O) groups is 1. The van der Waals surface area contributed by atoms with Crippen molar-refractivity contribution in [1.29, 1.82) is 0 Å². The molecule has 3 rings (SSSR count). The smallest absolute Gasteiger partial charge is 0.269 e. The van der Waals surface area contributed by atoms with E-state index in [0.717, 1.165) is 25.7 Å². The quantitative estimate of drug-likeness (QED) is 0.611. The summed E-state index contributed by atoms with van der Waals surface area (Å²) in [5, 5.41) is 13.6. The van der Waals surface area contributed by atoms with Gasteiger partial charge in [0.05, 0.1) is 24.4 Å². The number of hydrogen-bond donors (Lipinski definition) is 1. The minimum absolute atomic E-state index is 0.0129. The van der Waals surface area contributed by atoms with Crippen LogP contribution in [-0.4, -0.2) is 40.1 Å². The number of nitrogens with zero attached hydrogens (tertiary/aromatic N) is 3. The van der Waals surface area contributed by atoms with Gasteiger partial charge in [0.25, 0.3) is 11.6 Å². The average Bonchev–Trinajstić information content (AvgIpc) is 2.69. The van der Waals surface area contributed by atoms with Crippen molar-refractivity contribution >= 4 is 11.6 Å². The van der Waals surface area contributed by atoms with E-state index in [1.807, 2.05) is 0 Å². The number of amides is 1. The van der Waals surface area contributed by atoms with E-state index in [9.17, 15) is 14.9 Å². The summed E-state index contributed by atoms with van der Waals surface area (Å²) < 4.78 is 10.9. The Hall–Kier alpha value is -3.23. The topological polar surface area (TPSA) is 116 Å². The molecular weight excluding hydrogens is 352 g/mol. The summed E-state index contributed by atoms with van der Waals surface area (Å²) in [5.41, 5.74) is 0.371. The molecule has 0 saturated heterocycles. The second kappa shape index (κ2) is 8.43. The highest BCUT2D eigenvalue weighted by Gasteiger charge is 2.24. The number of aromatic nitrogens is 2. The van der Waals surface area contributed by atoms with Gasteiger partial charge in [0.1, 0.15) is 6.10 Å². The second-order valence-electron chi connectivity index (χ2n) is 6.27. The Labute approximate surface area is 155 Å². The van der Waals surface area contributed by atoms with Gasteiger partial charge in [0.2, 0.25) is 11.8 Å². The molecule has 1 saturated carbocycles. The van der Waals surface area contributed by atoms with E-state index in [2.05, 4.69) is 15.3 Å². The van der Waals surface area contributed by atoms with E-state index in [1.165, 1.54) is 37.6 Å². The fraction of sp³-hybridized carbons (Fsp3) is 0.389. The van der Waals surface area contributed by atoms with Crippen molar-refractivity contribution in [2.24, 2.45) is 0 Å². The minimum Gasteiger partial charge on any atom is -0.480 e. The number of nitrogens with one attached hydrogen (secondary N) is 1. The number of ether oxygens (including phenoxy) is 2. The molecule has 142 valence electrons. The zero-order valence-corrected chi connectivity index (χ0v) is 14.8. The summed E-state index contributed by atoms with van der Waals surface area (Å²) in [7, 11) is 1.52. The van der Waals surface area contributed by atoms with Crippen LogP contribution in [0.1, 0.15) is 36.0 Å². The van der Waals surface area contributed by atoms with Crippen LogP contribution in [0.15, 0.2) is 36.7 Å². The number of methoxy groups -OCH3 is 1. The number of non-ortho nitro benzene ring substituents is 1. The Morgan fingerprint density at radius 3 is 2.44 bits per heavy atom. The SMILES string of the molecule is COc1cncc(OC2CCC(NC(=O)c3ccc([N+](=O)[O-])cc3)CC2)n1. The van der Waals surface area contributed by atoms with Crippen LogP contribution < -0.4 is 14.8 Å². The average molecular weight is 372 g/mol. The zero-order valence-electron chi connectivity index (χ0n) is 14.8. The molecule has 27 heavy (non-hydrogen) atoms. The Morgan fingerprint density at radius 1 is 1.15 bits per heavy atom. The molecule has 0 spiro atoms. The van der Waals surface area contributed by atoms with Crippen LogP contribution in [-0.2, 0) is 0 Å². The molecule has 1 aliphatic carbocycles. The highest BCUT2D eigenvalue weighted by atomic mass is 16.6. The molecule has 0 bridgehead atoms. The number of rotatable bonds is 6. The molecule has 1 N–H and O–H groups in total. The maximum atomic E-state index is 12.3. The van der Waals surface area contributed by atoms with Crippen LogP contribution in [0.2, 0.25) is 0 Å². The summed E-state index contributed by atoms with van der Waals surface area (Å²) >= 11 is 0. The second-order valence-corrected chi connectivity index (χ2v) is 6.27. The van der Waals surface area contributed by atoms with E-state index in [4.69, 9.17) is 9.47 Å². The lowest BCUT2D eigenvalue weighted by molar-refractivity contribution is -0.384. The molecule has 1 fully saturated rings. The predicted octanol–water partition coefficient (Wildman–Crippen LogP) is 2.51. The summed E-state index contributed by atoms with van der Waals surface area (Å²) in [5.74, 6) is 0.595. The first kappa shape index (κ1) is 18.6. The van der Waals surface area contributed by atoms with E-state index in [0.29, 0.717) is 17.3 Å². The first-order valence-electron chi connectivity index (χ1n) is 8.63. The Kier molecular flexibility index (Phi) is 5.80. The lowest BCUT2D eigenvalue weighted by atomic mass is 9.92. The van der Waals surface area contributed by atoms with Gasteiger partial charge in [-0.25, -0.2) is 0 Å². The Balaban J connectivity index is 1.48. The van der Waals surface area contributed by atoms with Crippen molar-refractivity contribution in [2.45, 2.75) is 37.8 Å². The van der Waals surface area contributed by atoms with E-state index >= 15 is 0 Å². The third-order valence-corrected chi connectivity index (χ3v) is 4.44. The molecule has 0 unspecified atom stereocenters. The number of nitro groups is 1. The van der Waals surface area contributed by atoms with Gasteiger partial charge in [-0.3, -0.25) is 19.9 Å². The normalized spacial score (nSPS) is 19.1. The number of carbonyl (C=O) groups excluding carboxylic acids is 1. The van der Waals surface area contributed by atoms with Crippen molar-refractivity contribution in [3.05, 3.63) is 52.3 Å². The number of nitro benzene ring substituents is 1. The molecule has 0 aliphatic heterocycles. The highest BCUT2D eigenvalue weighted by Crippen LogP contribution is 2.24. The summed E-state index contributed by atoms with van der Waals surface area (Å²) in [4.78, 5) is 30.7. The zero-order chi connectivity index (χ0) is 19.2. The third-order valence-electron chi connectivity index (χ3n) is 4.44. The lowest BCUT2D eigenvalue weighted by Gasteiger charge is -2.29. The van der Waals surface area contributed by atoms with Crippen LogP contribution in [0.3, 0.4) is 0 Å². The van der Waals surface area contributed by atoms with Crippen molar-refractivity contribution in [3.63, 3.8) is 0 Å². The fourth-order valence-electron chi connectivity index (χ4n) is 2.99. The van der Waals surface area contributed by atoms with Gasteiger partial charge in [0.15, 0.2) is 0 Å². The first-order chi connectivity index (χ1) is 13.0. The molecule has 1 aliphatic rings. The van der Waals surface area contributed by atoms with Crippen LogP contribution in [0.5, 0.6) is 11.8 Å². The molecule has 1 amide bonds. The van der Waals surface area contributed by atoms with Crippen molar-refractivity contribution < 1.29 is 19.2 Å². The Morgan fingerprint density at radius 2 is 1.81 bits per heavy atom. The van der Waals surface area contributed by atoms with Gasteiger partial charge < -0.3 is 14.8 Å². The number of benzene rings is 1. The van der Waals surface area contributed by atoms with Crippen LogP contribution >= 0.6 is 0 Å². The minimum atomic E-state index is -0.490. The maximum absolute atomic E-state index is 12.3. The standard InChI is InChI=1S/C18H20N4O5/c1-26-16-10-19-11-17(21-16)27-15-8-4-13(5-9-15)20-18(23)12-2-6-14(7-3-12)22(24)25/h2-3,6-7,10-11,13,15H,4-5,8-9H2,1H3,(H,20,23). The third kappa shape index (κ3) is 4.90. The molecular formula is C18H20N4O5. The largest absolute Gasteiger partial charge is 0.480 e. The molecule has 0 radical (unpaired) electrons. The van der Waals surface area contributed by atoms with Gasteiger partial charge in [-0.1, -0.05) is 0 Å². The summed E-state index contributed by atoms with van der Waals surface area (Å²) in [6.07, 6.45) is 6.19. The predicted molar refractivity (Wildman–Crippen MR) is 95.8 cm³/mol. The molecule has 2 aromatic rings. The molecule has 9 heteroatoms. The monoisotopic (exact) mass is 372 g/mol. The molecule has 1 aromatic heterocycles. The van der Waals surface area contributed by atoms with Gasteiger partial charge in [-0.05, 0) is 37.8 Å². The molecule has 1 aromatic carbocycles. The highest BCUT2D eigenvalue weighted by molar-refractivity contribution is 5.94. The van der Waals surface area contributed by atoms with Gasteiger partial charge in [-0.2, -0.15) is 4.98 Å². The van der Waals surface area contributed by atoms with Gasteiger partial charge in [-0.15, -0.1) is 0 Å². The first-order valence-corrected chi connectivity index (χ1v) is 8.63. The number of hydrogen-bond acceptors (Lipinski definition) is 7. The summed E-state index contributed by atoms with van der Waals surface area (Å²) in [6, 6.07) is 5.63. The van der Waals surface area contributed by atoms with E-state index in [1.54, 1.807) is 6.20 Å².